The SMILES string of the molecule is COc1cc(C)cc(OC)c1C(=O)NC(C)(C)c1ccccn1. The zero-order valence-corrected chi connectivity index (χ0v) is 14.1. The van der Waals surface area contributed by atoms with Crippen molar-refractivity contribution < 1.29 is 14.3 Å². The molecule has 0 atom stereocenters. The quantitative estimate of drug-likeness (QED) is 0.921. The third-order valence-electron chi connectivity index (χ3n) is 3.61. The second-order valence-electron chi connectivity index (χ2n) is 5.84. The topological polar surface area (TPSA) is 60.5 Å². The van der Waals surface area contributed by atoms with Gasteiger partial charge in [-0.05, 0) is 50.6 Å². The monoisotopic (exact) mass is 314 g/mol. The third kappa shape index (κ3) is 3.62. The van der Waals surface area contributed by atoms with E-state index in [1.165, 1.54) is 14.2 Å². The third-order valence-corrected chi connectivity index (χ3v) is 3.61. The number of methoxy groups -OCH3 is 2. The fraction of sp³-hybridized carbons (Fsp3) is 0.333. The molecule has 1 N–H and O–H groups in total. The van der Waals surface area contributed by atoms with Crippen molar-refractivity contribution in [1.82, 2.24) is 10.3 Å². The number of carbonyl (C=O) groups is 1. The standard InChI is InChI=1S/C18H22N2O3/c1-12-10-13(22-4)16(14(11-12)23-5)17(21)20-18(2,3)15-8-6-7-9-19-15/h6-11H,1-5H3,(H,20,21). The molecule has 0 aliphatic carbocycles. The van der Waals surface area contributed by atoms with Crippen molar-refractivity contribution in [3.63, 3.8) is 0 Å². The summed E-state index contributed by atoms with van der Waals surface area (Å²) in [6, 6.07) is 9.23. The summed E-state index contributed by atoms with van der Waals surface area (Å²) in [6.45, 7) is 5.73. The molecule has 122 valence electrons. The molecule has 2 aromatic rings. The number of hydrogen-bond donors (Lipinski definition) is 1. The lowest BCUT2D eigenvalue weighted by Crippen LogP contribution is -2.41. The smallest absolute Gasteiger partial charge is 0.259 e. The van der Waals surface area contributed by atoms with Gasteiger partial charge in [0, 0.05) is 6.20 Å². The van der Waals surface area contributed by atoms with E-state index >= 15 is 0 Å². The summed E-state index contributed by atoms with van der Waals surface area (Å²) in [5.74, 6) is 0.696. The molecule has 0 bridgehead atoms. The Morgan fingerprint density at radius 3 is 2.22 bits per heavy atom. The number of aromatic nitrogens is 1. The number of nitrogens with one attached hydrogen (secondary N) is 1. The van der Waals surface area contributed by atoms with Gasteiger partial charge in [0.15, 0.2) is 0 Å². The van der Waals surface area contributed by atoms with E-state index in [1.54, 1.807) is 6.20 Å². The summed E-state index contributed by atoms with van der Waals surface area (Å²) in [6.07, 6.45) is 1.70. The van der Waals surface area contributed by atoms with Gasteiger partial charge in [-0.3, -0.25) is 9.78 Å². The minimum absolute atomic E-state index is 0.269. The fourth-order valence-corrected chi connectivity index (χ4v) is 2.41. The van der Waals surface area contributed by atoms with Crippen LogP contribution in [0.1, 0.15) is 35.5 Å². The molecule has 0 aliphatic rings. The highest BCUT2D eigenvalue weighted by Gasteiger charge is 2.28. The lowest BCUT2D eigenvalue weighted by atomic mass is 9.98. The van der Waals surface area contributed by atoms with Gasteiger partial charge in [0.2, 0.25) is 0 Å². The molecule has 1 amide bonds. The van der Waals surface area contributed by atoms with Gasteiger partial charge < -0.3 is 14.8 Å². The minimum atomic E-state index is -0.626. The van der Waals surface area contributed by atoms with Gasteiger partial charge in [0.25, 0.3) is 5.91 Å². The number of ether oxygens (including phenoxy) is 2. The highest BCUT2D eigenvalue weighted by Crippen LogP contribution is 2.31. The molecule has 0 radical (unpaired) electrons. The number of amides is 1. The summed E-state index contributed by atoms with van der Waals surface area (Å²) in [5.41, 5.74) is 1.49. The number of rotatable bonds is 5. The largest absolute Gasteiger partial charge is 0.496 e. The Morgan fingerprint density at radius 1 is 1.13 bits per heavy atom. The van der Waals surface area contributed by atoms with E-state index in [2.05, 4.69) is 10.3 Å². The Bertz CT molecular complexity index is 672. The summed E-state index contributed by atoms with van der Waals surface area (Å²) < 4.78 is 10.7. The molecule has 0 spiro atoms. The molecule has 2 rings (SSSR count). The Balaban J connectivity index is 2.38. The maximum atomic E-state index is 12.8. The molecule has 23 heavy (non-hydrogen) atoms. The van der Waals surface area contributed by atoms with E-state index in [9.17, 15) is 4.79 Å². The fourth-order valence-electron chi connectivity index (χ4n) is 2.41. The lowest BCUT2D eigenvalue weighted by molar-refractivity contribution is 0.0904. The normalized spacial score (nSPS) is 11.0. The molecule has 1 heterocycles. The van der Waals surface area contributed by atoms with Crippen LogP contribution in [0.3, 0.4) is 0 Å². The highest BCUT2D eigenvalue weighted by molar-refractivity contribution is 6.00. The van der Waals surface area contributed by atoms with Crippen molar-refractivity contribution in [3.8, 4) is 11.5 Å². The molecular formula is C18H22N2O3. The van der Waals surface area contributed by atoms with Gasteiger partial charge in [-0.1, -0.05) is 6.07 Å². The van der Waals surface area contributed by atoms with E-state index in [0.717, 1.165) is 11.3 Å². The minimum Gasteiger partial charge on any atom is -0.496 e. The van der Waals surface area contributed by atoms with Crippen molar-refractivity contribution in [1.29, 1.82) is 0 Å². The molecule has 0 fully saturated rings. The molecule has 0 unspecified atom stereocenters. The number of pyridine rings is 1. The number of aryl methyl sites for hydroxylation is 1. The summed E-state index contributed by atoms with van der Waals surface area (Å²) in [4.78, 5) is 17.1. The van der Waals surface area contributed by atoms with Gasteiger partial charge in [-0.15, -0.1) is 0 Å². The first-order valence-electron chi connectivity index (χ1n) is 7.35. The van der Waals surface area contributed by atoms with Gasteiger partial charge in [0.05, 0.1) is 25.5 Å². The first-order chi connectivity index (χ1) is 10.9. The first-order valence-corrected chi connectivity index (χ1v) is 7.35. The first kappa shape index (κ1) is 16.8. The Labute approximate surface area is 136 Å². The number of carbonyl (C=O) groups excluding carboxylic acids is 1. The average molecular weight is 314 g/mol. The Kier molecular flexibility index (Phi) is 4.89. The number of benzene rings is 1. The average Bonchev–Trinajstić information content (AvgIpc) is 2.54. The second kappa shape index (κ2) is 6.69. The molecule has 0 aliphatic heterocycles. The molecular weight excluding hydrogens is 292 g/mol. The van der Waals surface area contributed by atoms with Crippen molar-refractivity contribution >= 4 is 5.91 Å². The van der Waals surface area contributed by atoms with Crippen LogP contribution in [-0.2, 0) is 5.54 Å². The van der Waals surface area contributed by atoms with Crippen LogP contribution in [-0.4, -0.2) is 25.1 Å². The Hall–Kier alpha value is -2.56. The van der Waals surface area contributed by atoms with Crippen LogP contribution in [0.5, 0.6) is 11.5 Å². The second-order valence-corrected chi connectivity index (χ2v) is 5.84. The van der Waals surface area contributed by atoms with Crippen molar-refractivity contribution in [2.75, 3.05) is 14.2 Å². The predicted molar refractivity (Wildman–Crippen MR) is 89.0 cm³/mol. The van der Waals surface area contributed by atoms with Crippen LogP contribution in [0.2, 0.25) is 0 Å². The summed E-state index contributed by atoms with van der Waals surface area (Å²) in [7, 11) is 3.07. The number of nitrogens with zero attached hydrogens (tertiary/aromatic N) is 1. The predicted octanol–water partition coefficient (Wildman–Crippen LogP) is 3.07. The number of hydrogen-bond acceptors (Lipinski definition) is 4. The van der Waals surface area contributed by atoms with E-state index in [1.807, 2.05) is 51.1 Å². The van der Waals surface area contributed by atoms with E-state index < -0.39 is 5.54 Å². The van der Waals surface area contributed by atoms with Gasteiger partial charge in [-0.25, -0.2) is 0 Å². The molecule has 0 saturated heterocycles. The molecule has 1 aromatic carbocycles. The maximum Gasteiger partial charge on any atom is 0.259 e. The van der Waals surface area contributed by atoms with Crippen molar-refractivity contribution in [3.05, 3.63) is 53.3 Å². The summed E-state index contributed by atoms with van der Waals surface area (Å²) >= 11 is 0. The molecule has 5 nitrogen and oxygen atoms in total. The molecule has 5 heteroatoms. The van der Waals surface area contributed by atoms with Crippen molar-refractivity contribution in [2.24, 2.45) is 0 Å². The zero-order chi connectivity index (χ0) is 17.0. The molecule has 1 aromatic heterocycles. The van der Waals surface area contributed by atoms with Crippen LogP contribution in [0.15, 0.2) is 36.5 Å². The van der Waals surface area contributed by atoms with Crippen LogP contribution < -0.4 is 14.8 Å². The maximum absolute atomic E-state index is 12.8. The van der Waals surface area contributed by atoms with Crippen LogP contribution in [0.25, 0.3) is 0 Å². The summed E-state index contributed by atoms with van der Waals surface area (Å²) in [5, 5.41) is 3.00. The zero-order valence-electron chi connectivity index (χ0n) is 14.1. The van der Waals surface area contributed by atoms with Crippen LogP contribution in [0.4, 0.5) is 0 Å². The van der Waals surface area contributed by atoms with Crippen LogP contribution >= 0.6 is 0 Å². The van der Waals surface area contributed by atoms with Gasteiger partial charge >= 0.3 is 0 Å². The van der Waals surface area contributed by atoms with Gasteiger partial charge in [-0.2, -0.15) is 0 Å². The lowest BCUT2D eigenvalue weighted by Gasteiger charge is -2.26. The molecule has 0 saturated carbocycles. The Morgan fingerprint density at radius 2 is 1.74 bits per heavy atom. The van der Waals surface area contributed by atoms with Crippen molar-refractivity contribution in [2.45, 2.75) is 26.3 Å². The van der Waals surface area contributed by atoms with E-state index in [-0.39, 0.29) is 5.91 Å². The highest BCUT2D eigenvalue weighted by atomic mass is 16.5. The van der Waals surface area contributed by atoms with Crippen LogP contribution in [0, 0.1) is 6.92 Å². The van der Waals surface area contributed by atoms with E-state index in [0.29, 0.717) is 17.1 Å². The van der Waals surface area contributed by atoms with Gasteiger partial charge in [0.1, 0.15) is 17.1 Å². The van der Waals surface area contributed by atoms with E-state index in [4.69, 9.17) is 9.47 Å².